The van der Waals surface area contributed by atoms with Gasteiger partial charge in [-0.2, -0.15) is 0 Å². The van der Waals surface area contributed by atoms with E-state index in [2.05, 4.69) is 15.9 Å². The number of aromatic carboxylic acids is 1. The van der Waals surface area contributed by atoms with E-state index in [4.69, 9.17) is 9.52 Å². The fraction of sp³-hybridized carbons (Fsp3) is 0. The highest BCUT2D eigenvalue weighted by molar-refractivity contribution is 9.10. The van der Waals surface area contributed by atoms with Crippen LogP contribution in [0.15, 0.2) is 45.5 Å². The Labute approximate surface area is 94.5 Å². The Hall–Kier alpha value is -1.55. The van der Waals surface area contributed by atoms with E-state index in [0.29, 0.717) is 5.76 Å². The van der Waals surface area contributed by atoms with Crippen molar-refractivity contribution in [1.82, 2.24) is 0 Å². The van der Waals surface area contributed by atoms with E-state index in [1.165, 1.54) is 12.3 Å². The molecule has 1 aromatic heterocycles. The Morgan fingerprint density at radius 1 is 1.27 bits per heavy atom. The summed E-state index contributed by atoms with van der Waals surface area (Å²) in [5, 5.41) is 8.93. The molecule has 0 aliphatic heterocycles. The van der Waals surface area contributed by atoms with Gasteiger partial charge in [0.2, 0.25) is 0 Å². The third kappa shape index (κ3) is 1.80. The maximum absolute atomic E-state index is 10.9. The standard InChI is InChI=1S/C11H7BrO3/c12-9-4-2-1-3-7(9)10-8(11(13)14)5-6-15-10/h1-6H,(H,13,14). The molecule has 0 atom stereocenters. The van der Waals surface area contributed by atoms with Gasteiger partial charge in [-0.15, -0.1) is 0 Å². The Bertz CT molecular complexity index is 502. The van der Waals surface area contributed by atoms with Crippen LogP contribution in [0.1, 0.15) is 10.4 Å². The first-order valence-electron chi connectivity index (χ1n) is 4.26. The van der Waals surface area contributed by atoms with Crippen LogP contribution in [-0.4, -0.2) is 11.1 Å². The van der Waals surface area contributed by atoms with Gasteiger partial charge in [-0.05, 0) is 12.1 Å². The highest BCUT2D eigenvalue weighted by Gasteiger charge is 2.16. The smallest absolute Gasteiger partial charge is 0.339 e. The minimum Gasteiger partial charge on any atom is -0.478 e. The Kier molecular flexibility index (Phi) is 2.60. The van der Waals surface area contributed by atoms with E-state index >= 15 is 0 Å². The van der Waals surface area contributed by atoms with Crippen molar-refractivity contribution < 1.29 is 14.3 Å². The average Bonchev–Trinajstić information content (AvgIpc) is 2.67. The van der Waals surface area contributed by atoms with Gasteiger partial charge in [-0.1, -0.05) is 34.1 Å². The molecule has 0 spiro atoms. The van der Waals surface area contributed by atoms with Crippen molar-refractivity contribution in [1.29, 1.82) is 0 Å². The SMILES string of the molecule is O=C(O)c1ccoc1-c1ccccc1Br. The molecule has 4 heteroatoms. The zero-order valence-corrected chi connectivity index (χ0v) is 9.19. The van der Waals surface area contributed by atoms with E-state index in [-0.39, 0.29) is 5.56 Å². The molecule has 1 heterocycles. The monoisotopic (exact) mass is 266 g/mol. The number of hydrogen-bond acceptors (Lipinski definition) is 2. The molecular formula is C11H7BrO3. The maximum atomic E-state index is 10.9. The van der Waals surface area contributed by atoms with E-state index in [1.54, 1.807) is 6.07 Å². The molecule has 0 fully saturated rings. The summed E-state index contributed by atoms with van der Waals surface area (Å²) in [6.45, 7) is 0. The summed E-state index contributed by atoms with van der Waals surface area (Å²) >= 11 is 3.35. The van der Waals surface area contributed by atoms with Crippen LogP contribution in [-0.2, 0) is 0 Å². The van der Waals surface area contributed by atoms with Crippen LogP contribution in [0.3, 0.4) is 0 Å². The lowest BCUT2D eigenvalue weighted by Gasteiger charge is -2.01. The van der Waals surface area contributed by atoms with Crippen molar-refractivity contribution in [3.8, 4) is 11.3 Å². The normalized spacial score (nSPS) is 10.2. The number of carboxylic acid groups (broad SMARTS) is 1. The average molecular weight is 267 g/mol. The Balaban J connectivity index is 2.59. The quantitative estimate of drug-likeness (QED) is 0.907. The molecular weight excluding hydrogens is 260 g/mol. The molecule has 0 radical (unpaired) electrons. The molecule has 1 N–H and O–H groups in total. The number of rotatable bonds is 2. The molecule has 15 heavy (non-hydrogen) atoms. The van der Waals surface area contributed by atoms with Gasteiger partial charge in [-0.25, -0.2) is 4.79 Å². The fourth-order valence-electron chi connectivity index (χ4n) is 1.33. The number of furan rings is 1. The Morgan fingerprint density at radius 2 is 2.00 bits per heavy atom. The van der Waals surface area contributed by atoms with Crippen molar-refractivity contribution in [3.63, 3.8) is 0 Å². The van der Waals surface area contributed by atoms with Gasteiger partial charge in [0.15, 0.2) is 0 Å². The molecule has 0 amide bonds. The van der Waals surface area contributed by atoms with Gasteiger partial charge in [0.1, 0.15) is 11.3 Å². The third-order valence-corrected chi connectivity index (χ3v) is 2.71. The second-order valence-electron chi connectivity index (χ2n) is 2.95. The van der Waals surface area contributed by atoms with Crippen molar-refractivity contribution in [2.75, 3.05) is 0 Å². The lowest BCUT2D eigenvalue weighted by Crippen LogP contribution is -1.95. The number of carbonyl (C=O) groups is 1. The zero-order chi connectivity index (χ0) is 10.8. The number of benzene rings is 1. The maximum Gasteiger partial charge on any atom is 0.339 e. The predicted molar refractivity (Wildman–Crippen MR) is 58.8 cm³/mol. The van der Waals surface area contributed by atoms with Crippen LogP contribution < -0.4 is 0 Å². The van der Waals surface area contributed by atoms with E-state index in [1.807, 2.05) is 18.2 Å². The van der Waals surface area contributed by atoms with Crippen LogP contribution in [0, 0.1) is 0 Å². The molecule has 0 saturated carbocycles. The highest BCUT2D eigenvalue weighted by atomic mass is 79.9. The number of hydrogen-bond donors (Lipinski definition) is 1. The first-order valence-corrected chi connectivity index (χ1v) is 5.05. The lowest BCUT2D eigenvalue weighted by atomic mass is 10.1. The second kappa shape index (κ2) is 3.90. The largest absolute Gasteiger partial charge is 0.478 e. The van der Waals surface area contributed by atoms with Crippen molar-refractivity contribution in [2.45, 2.75) is 0 Å². The molecule has 2 rings (SSSR count). The van der Waals surface area contributed by atoms with Crippen LogP contribution in [0.25, 0.3) is 11.3 Å². The van der Waals surface area contributed by atoms with Crippen LogP contribution >= 0.6 is 15.9 Å². The zero-order valence-electron chi connectivity index (χ0n) is 7.61. The summed E-state index contributed by atoms with van der Waals surface area (Å²) in [6, 6.07) is 8.77. The topological polar surface area (TPSA) is 50.4 Å². The first kappa shape index (κ1) is 9.98. The van der Waals surface area contributed by atoms with Crippen molar-refractivity contribution in [3.05, 3.63) is 46.6 Å². The summed E-state index contributed by atoms with van der Waals surface area (Å²) in [7, 11) is 0. The summed E-state index contributed by atoms with van der Waals surface area (Å²) in [6.07, 6.45) is 1.37. The molecule has 76 valence electrons. The van der Waals surface area contributed by atoms with Gasteiger partial charge in [0.25, 0.3) is 0 Å². The molecule has 2 aromatic rings. The van der Waals surface area contributed by atoms with Gasteiger partial charge >= 0.3 is 5.97 Å². The highest BCUT2D eigenvalue weighted by Crippen LogP contribution is 2.31. The van der Waals surface area contributed by atoms with Gasteiger partial charge in [0, 0.05) is 10.0 Å². The molecule has 0 aliphatic rings. The van der Waals surface area contributed by atoms with E-state index < -0.39 is 5.97 Å². The number of halogens is 1. The van der Waals surface area contributed by atoms with E-state index in [0.717, 1.165) is 10.0 Å². The molecule has 1 aromatic carbocycles. The lowest BCUT2D eigenvalue weighted by molar-refractivity contribution is 0.0697. The Morgan fingerprint density at radius 3 is 2.67 bits per heavy atom. The third-order valence-electron chi connectivity index (χ3n) is 2.01. The molecule has 0 saturated heterocycles. The predicted octanol–water partition coefficient (Wildman–Crippen LogP) is 3.41. The minimum atomic E-state index is -0.991. The summed E-state index contributed by atoms with van der Waals surface area (Å²) < 4.78 is 5.99. The summed E-state index contributed by atoms with van der Waals surface area (Å²) in [5.41, 5.74) is 0.904. The number of carboxylic acids is 1. The van der Waals surface area contributed by atoms with Crippen LogP contribution in [0.5, 0.6) is 0 Å². The molecule has 0 unspecified atom stereocenters. The minimum absolute atomic E-state index is 0.168. The van der Waals surface area contributed by atoms with Crippen LogP contribution in [0.2, 0.25) is 0 Å². The first-order chi connectivity index (χ1) is 7.20. The van der Waals surface area contributed by atoms with Gasteiger partial charge in [0.05, 0.1) is 6.26 Å². The van der Waals surface area contributed by atoms with Crippen molar-refractivity contribution in [2.24, 2.45) is 0 Å². The summed E-state index contributed by atoms with van der Waals surface area (Å²) in [5.74, 6) is -0.621. The molecule has 0 bridgehead atoms. The van der Waals surface area contributed by atoms with Crippen molar-refractivity contribution >= 4 is 21.9 Å². The fourth-order valence-corrected chi connectivity index (χ4v) is 1.80. The molecule has 3 nitrogen and oxygen atoms in total. The second-order valence-corrected chi connectivity index (χ2v) is 3.80. The van der Waals surface area contributed by atoms with E-state index in [9.17, 15) is 4.79 Å². The summed E-state index contributed by atoms with van der Waals surface area (Å²) in [4.78, 5) is 10.9. The van der Waals surface area contributed by atoms with Gasteiger partial charge in [-0.3, -0.25) is 0 Å². The molecule has 0 aliphatic carbocycles. The van der Waals surface area contributed by atoms with Crippen LogP contribution in [0.4, 0.5) is 0 Å². The van der Waals surface area contributed by atoms with Gasteiger partial charge < -0.3 is 9.52 Å².